The molecule has 0 radical (unpaired) electrons. The number of hydrogen-bond acceptors (Lipinski definition) is 1. The molecule has 0 spiro atoms. The lowest BCUT2D eigenvalue weighted by molar-refractivity contribution is -0.120. The summed E-state index contributed by atoms with van der Waals surface area (Å²) < 4.78 is 0. The van der Waals surface area contributed by atoms with Crippen LogP contribution in [0.4, 0.5) is 0 Å². The van der Waals surface area contributed by atoms with E-state index in [0.29, 0.717) is 13.0 Å². The Morgan fingerprint density at radius 3 is 2.78 bits per heavy atom. The van der Waals surface area contributed by atoms with Crippen molar-refractivity contribution in [3.8, 4) is 0 Å². The van der Waals surface area contributed by atoms with Gasteiger partial charge in [0.2, 0.25) is 5.91 Å². The normalized spacial score (nSPS) is 10.2. The first-order valence-corrected chi connectivity index (χ1v) is 6.15. The predicted octanol–water partition coefficient (Wildman–Crippen LogP) is 3.07. The second kappa shape index (κ2) is 6.01. The molecule has 0 bridgehead atoms. The van der Waals surface area contributed by atoms with Crippen LogP contribution in [0.5, 0.6) is 0 Å². The van der Waals surface area contributed by atoms with Crippen molar-refractivity contribution in [2.45, 2.75) is 12.8 Å². The summed E-state index contributed by atoms with van der Waals surface area (Å²) in [5.74, 6) is 0.0721. The highest BCUT2D eigenvalue weighted by Gasteiger charge is 2.03. The molecule has 18 heavy (non-hydrogen) atoms. The number of carbonyl (C=O) groups excluding carboxylic acids is 1. The molecule has 0 aliphatic rings. The summed E-state index contributed by atoms with van der Waals surface area (Å²) in [6.07, 6.45) is 2.97. The Bertz CT molecular complexity index is 555. The summed E-state index contributed by atoms with van der Waals surface area (Å²) >= 11 is 0. The first-order chi connectivity index (χ1) is 8.81. The van der Waals surface area contributed by atoms with E-state index in [2.05, 4.69) is 36.2 Å². The van der Waals surface area contributed by atoms with Crippen LogP contribution in [0.15, 0.2) is 55.1 Å². The van der Waals surface area contributed by atoms with Gasteiger partial charge in [-0.25, -0.2) is 0 Å². The van der Waals surface area contributed by atoms with Crippen LogP contribution in [0.25, 0.3) is 10.8 Å². The first-order valence-electron chi connectivity index (χ1n) is 6.15. The van der Waals surface area contributed by atoms with Gasteiger partial charge in [-0.1, -0.05) is 48.5 Å². The molecule has 2 heteroatoms. The van der Waals surface area contributed by atoms with Crippen LogP contribution < -0.4 is 5.32 Å². The average molecular weight is 239 g/mol. The Morgan fingerprint density at radius 2 is 1.94 bits per heavy atom. The smallest absolute Gasteiger partial charge is 0.220 e. The molecule has 0 saturated carbocycles. The van der Waals surface area contributed by atoms with Gasteiger partial charge < -0.3 is 5.32 Å². The molecular weight excluding hydrogens is 222 g/mol. The standard InChI is InChI=1S/C16H17NO/c1-2-12-17-16(18)11-10-14-8-5-7-13-6-3-4-9-15(13)14/h2-9H,1,10-12H2,(H,17,18). The van der Waals surface area contributed by atoms with Crippen molar-refractivity contribution >= 4 is 16.7 Å². The third-order valence-electron chi connectivity index (χ3n) is 2.94. The minimum Gasteiger partial charge on any atom is -0.353 e. The molecule has 0 unspecified atom stereocenters. The van der Waals surface area contributed by atoms with Crippen molar-refractivity contribution < 1.29 is 4.79 Å². The lowest BCUT2D eigenvalue weighted by Gasteiger charge is -2.06. The number of carbonyl (C=O) groups is 1. The summed E-state index contributed by atoms with van der Waals surface area (Å²) in [6.45, 7) is 4.11. The highest BCUT2D eigenvalue weighted by molar-refractivity contribution is 5.86. The van der Waals surface area contributed by atoms with E-state index < -0.39 is 0 Å². The lowest BCUT2D eigenvalue weighted by atomic mass is 10.0. The number of rotatable bonds is 5. The highest BCUT2D eigenvalue weighted by atomic mass is 16.1. The molecule has 2 rings (SSSR count). The molecule has 0 atom stereocenters. The molecule has 0 saturated heterocycles. The third kappa shape index (κ3) is 2.98. The fourth-order valence-corrected chi connectivity index (χ4v) is 2.03. The van der Waals surface area contributed by atoms with Crippen LogP contribution in [-0.4, -0.2) is 12.5 Å². The van der Waals surface area contributed by atoms with Crippen molar-refractivity contribution in [3.05, 3.63) is 60.7 Å². The molecule has 92 valence electrons. The third-order valence-corrected chi connectivity index (χ3v) is 2.94. The number of amides is 1. The van der Waals surface area contributed by atoms with Gasteiger partial charge in [-0.3, -0.25) is 4.79 Å². The van der Waals surface area contributed by atoms with Gasteiger partial charge in [0.1, 0.15) is 0 Å². The largest absolute Gasteiger partial charge is 0.353 e. The predicted molar refractivity (Wildman–Crippen MR) is 75.5 cm³/mol. The van der Waals surface area contributed by atoms with E-state index in [-0.39, 0.29) is 5.91 Å². The van der Waals surface area contributed by atoms with Crippen molar-refractivity contribution in [2.24, 2.45) is 0 Å². The van der Waals surface area contributed by atoms with E-state index >= 15 is 0 Å². The van der Waals surface area contributed by atoms with Crippen LogP contribution in [0.2, 0.25) is 0 Å². The maximum Gasteiger partial charge on any atom is 0.220 e. The zero-order valence-corrected chi connectivity index (χ0v) is 10.4. The van der Waals surface area contributed by atoms with Gasteiger partial charge >= 0.3 is 0 Å². The van der Waals surface area contributed by atoms with Crippen molar-refractivity contribution in [3.63, 3.8) is 0 Å². The van der Waals surface area contributed by atoms with Gasteiger partial charge in [0.05, 0.1) is 0 Å². The Labute approximate surface area is 107 Å². The number of hydrogen-bond donors (Lipinski definition) is 1. The lowest BCUT2D eigenvalue weighted by Crippen LogP contribution is -2.23. The summed E-state index contributed by atoms with van der Waals surface area (Å²) in [6, 6.07) is 14.5. The van der Waals surface area contributed by atoms with Gasteiger partial charge in [-0.2, -0.15) is 0 Å². The maximum atomic E-state index is 11.6. The number of fused-ring (bicyclic) bond motifs is 1. The Morgan fingerprint density at radius 1 is 1.17 bits per heavy atom. The summed E-state index contributed by atoms with van der Waals surface area (Å²) in [4.78, 5) is 11.6. The van der Waals surface area contributed by atoms with Gasteiger partial charge in [0.15, 0.2) is 0 Å². The minimum absolute atomic E-state index is 0.0721. The van der Waals surface area contributed by atoms with Crippen molar-refractivity contribution in [2.75, 3.05) is 6.54 Å². The van der Waals surface area contributed by atoms with E-state index in [0.717, 1.165) is 6.42 Å². The van der Waals surface area contributed by atoms with Gasteiger partial charge in [0, 0.05) is 13.0 Å². The fraction of sp³-hybridized carbons (Fsp3) is 0.188. The zero-order chi connectivity index (χ0) is 12.8. The summed E-state index contributed by atoms with van der Waals surface area (Å²) in [5.41, 5.74) is 1.22. The molecule has 2 aromatic carbocycles. The molecule has 0 fully saturated rings. The number of benzene rings is 2. The molecule has 0 aliphatic carbocycles. The maximum absolute atomic E-state index is 11.6. The Hall–Kier alpha value is -2.09. The molecule has 0 aromatic heterocycles. The fourth-order valence-electron chi connectivity index (χ4n) is 2.03. The molecule has 0 heterocycles. The second-order valence-corrected chi connectivity index (χ2v) is 4.23. The minimum atomic E-state index is 0.0721. The zero-order valence-electron chi connectivity index (χ0n) is 10.4. The van der Waals surface area contributed by atoms with E-state index in [9.17, 15) is 4.79 Å². The first kappa shape index (κ1) is 12.4. The van der Waals surface area contributed by atoms with Crippen molar-refractivity contribution in [1.29, 1.82) is 0 Å². The Balaban J connectivity index is 2.08. The van der Waals surface area contributed by atoms with Gasteiger partial charge in [-0.15, -0.1) is 6.58 Å². The summed E-state index contributed by atoms with van der Waals surface area (Å²) in [7, 11) is 0. The quantitative estimate of drug-likeness (QED) is 0.798. The van der Waals surface area contributed by atoms with Crippen LogP contribution in [0.1, 0.15) is 12.0 Å². The monoisotopic (exact) mass is 239 g/mol. The number of aryl methyl sites for hydroxylation is 1. The van der Waals surface area contributed by atoms with E-state index in [4.69, 9.17) is 0 Å². The topological polar surface area (TPSA) is 29.1 Å². The van der Waals surface area contributed by atoms with Crippen LogP contribution in [-0.2, 0) is 11.2 Å². The molecule has 1 amide bonds. The molecule has 2 nitrogen and oxygen atoms in total. The molecule has 0 aliphatic heterocycles. The van der Waals surface area contributed by atoms with Crippen LogP contribution in [0, 0.1) is 0 Å². The number of nitrogens with one attached hydrogen (secondary N) is 1. The highest BCUT2D eigenvalue weighted by Crippen LogP contribution is 2.19. The second-order valence-electron chi connectivity index (χ2n) is 4.23. The van der Waals surface area contributed by atoms with E-state index in [1.54, 1.807) is 6.08 Å². The van der Waals surface area contributed by atoms with Gasteiger partial charge in [-0.05, 0) is 22.8 Å². The molecular formula is C16H17NO. The summed E-state index contributed by atoms with van der Waals surface area (Å²) in [5, 5.41) is 5.25. The SMILES string of the molecule is C=CCNC(=O)CCc1cccc2ccccc12. The average Bonchev–Trinajstić information content (AvgIpc) is 2.42. The van der Waals surface area contributed by atoms with Gasteiger partial charge in [0.25, 0.3) is 0 Å². The van der Waals surface area contributed by atoms with Crippen LogP contribution in [0.3, 0.4) is 0 Å². The molecule has 2 aromatic rings. The Kier molecular flexibility index (Phi) is 4.13. The van der Waals surface area contributed by atoms with Crippen LogP contribution >= 0.6 is 0 Å². The van der Waals surface area contributed by atoms with E-state index in [1.165, 1.54) is 16.3 Å². The van der Waals surface area contributed by atoms with Crippen molar-refractivity contribution in [1.82, 2.24) is 5.32 Å². The molecule has 1 N–H and O–H groups in total. The van der Waals surface area contributed by atoms with E-state index in [1.807, 2.05) is 18.2 Å².